The Hall–Kier alpha value is -4.01. The Balaban J connectivity index is 1.30. The molecule has 1 aromatic carbocycles. The van der Waals surface area contributed by atoms with Gasteiger partial charge in [0.1, 0.15) is 11.6 Å². The molecular formula is C25H26N6O3. The lowest BCUT2D eigenvalue weighted by atomic mass is 10.1. The first-order chi connectivity index (χ1) is 16.6. The number of carbonyl (C=O) groups is 1. The van der Waals surface area contributed by atoms with E-state index in [0.717, 1.165) is 59.5 Å². The lowest BCUT2D eigenvalue weighted by Crippen LogP contribution is -2.17. The Morgan fingerprint density at radius 1 is 1.21 bits per heavy atom. The van der Waals surface area contributed by atoms with E-state index in [1.165, 1.54) is 0 Å². The van der Waals surface area contributed by atoms with E-state index < -0.39 is 12.0 Å². The van der Waals surface area contributed by atoms with Gasteiger partial charge in [0.15, 0.2) is 0 Å². The first kappa shape index (κ1) is 21.8. The topological polar surface area (TPSA) is 115 Å². The molecule has 0 aliphatic carbocycles. The third kappa shape index (κ3) is 4.68. The van der Waals surface area contributed by atoms with Crippen LogP contribution < -0.4 is 10.1 Å². The molecular weight excluding hydrogens is 432 g/mol. The largest absolute Gasteiger partial charge is 0.493 e. The van der Waals surface area contributed by atoms with Crippen LogP contribution in [0.4, 0.5) is 5.69 Å². The number of pyridine rings is 1. The summed E-state index contributed by atoms with van der Waals surface area (Å²) in [5.74, 6) is 0.452. The first-order valence-corrected chi connectivity index (χ1v) is 11.4. The summed E-state index contributed by atoms with van der Waals surface area (Å²) < 4.78 is 7.70. The summed E-state index contributed by atoms with van der Waals surface area (Å²) >= 11 is 0. The van der Waals surface area contributed by atoms with Gasteiger partial charge in [0, 0.05) is 42.0 Å². The van der Waals surface area contributed by atoms with E-state index >= 15 is 0 Å². The number of anilines is 1. The number of aliphatic carboxylic acids is 1. The van der Waals surface area contributed by atoms with Crippen molar-refractivity contribution < 1.29 is 14.6 Å². The van der Waals surface area contributed by atoms with Gasteiger partial charge in [0.25, 0.3) is 0 Å². The van der Waals surface area contributed by atoms with E-state index in [0.29, 0.717) is 18.0 Å². The molecule has 0 saturated heterocycles. The fourth-order valence-corrected chi connectivity index (χ4v) is 4.24. The summed E-state index contributed by atoms with van der Waals surface area (Å²) in [7, 11) is 0. The zero-order chi connectivity index (χ0) is 23.5. The standard InChI is InChI=1S/C25H26N6O3/c1-16-27-13-18(14-28-16)24(12-25(32)33)31-23-7-5-20(11-17(23)15-29-31)34-10-8-19-4-6-21-22(30-19)3-2-9-26-21/h4-7,11,13-15,24,26H,2-3,8-10,12H2,1H3,(H,32,33). The number of rotatable bonds is 8. The number of nitrogens with one attached hydrogen (secondary N) is 1. The summed E-state index contributed by atoms with van der Waals surface area (Å²) in [6.07, 6.45) is 7.76. The summed E-state index contributed by atoms with van der Waals surface area (Å²) in [6.45, 7) is 3.31. The molecule has 1 aliphatic heterocycles. The predicted octanol–water partition coefficient (Wildman–Crippen LogP) is 3.57. The van der Waals surface area contributed by atoms with Gasteiger partial charge < -0.3 is 15.2 Å². The maximum atomic E-state index is 11.5. The molecule has 0 saturated carbocycles. The van der Waals surface area contributed by atoms with E-state index in [-0.39, 0.29) is 6.42 Å². The average Bonchev–Trinajstić information content (AvgIpc) is 3.26. The number of carboxylic acids is 1. The van der Waals surface area contributed by atoms with Crippen LogP contribution in [0.25, 0.3) is 10.9 Å². The normalized spacial score (nSPS) is 13.8. The molecule has 9 nitrogen and oxygen atoms in total. The number of aromatic nitrogens is 5. The van der Waals surface area contributed by atoms with Gasteiger partial charge in [-0.3, -0.25) is 14.5 Å². The highest BCUT2D eigenvalue weighted by Crippen LogP contribution is 2.28. The molecule has 0 bridgehead atoms. The second-order valence-corrected chi connectivity index (χ2v) is 8.41. The molecule has 0 radical (unpaired) electrons. The Labute approximate surface area is 196 Å². The van der Waals surface area contributed by atoms with Crippen molar-refractivity contribution in [2.75, 3.05) is 18.5 Å². The van der Waals surface area contributed by atoms with Crippen LogP contribution in [0.2, 0.25) is 0 Å². The fourth-order valence-electron chi connectivity index (χ4n) is 4.24. The average molecular weight is 459 g/mol. The van der Waals surface area contributed by atoms with Gasteiger partial charge in [-0.1, -0.05) is 0 Å². The van der Waals surface area contributed by atoms with Crippen molar-refractivity contribution in [3.8, 4) is 5.75 Å². The van der Waals surface area contributed by atoms with Crippen molar-refractivity contribution in [3.05, 3.63) is 71.7 Å². The minimum Gasteiger partial charge on any atom is -0.493 e. The number of aryl methyl sites for hydroxylation is 2. The molecule has 3 aromatic heterocycles. The van der Waals surface area contributed by atoms with Crippen LogP contribution in [0.15, 0.2) is 48.9 Å². The van der Waals surface area contributed by atoms with Crippen molar-refractivity contribution in [1.82, 2.24) is 24.7 Å². The van der Waals surface area contributed by atoms with Gasteiger partial charge in [0.05, 0.1) is 42.2 Å². The van der Waals surface area contributed by atoms with Crippen molar-refractivity contribution in [1.29, 1.82) is 0 Å². The zero-order valence-corrected chi connectivity index (χ0v) is 18.9. The fraction of sp³-hybridized carbons (Fsp3) is 0.320. The van der Waals surface area contributed by atoms with Crippen molar-refractivity contribution in [2.45, 2.75) is 38.6 Å². The summed E-state index contributed by atoms with van der Waals surface area (Å²) in [5, 5.41) is 18.2. The van der Waals surface area contributed by atoms with Crippen LogP contribution in [0.1, 0.15) is 41.7 Å². The molecule has 0 fully saturated rings. The first-order valence-electron chi connectivity index (χ1n) is 11.4. The Morgan fingerprint density at radius 2 is 2.06 bits per heavy atom. The van der Waals surface area contributed by atoms with Crippen LogP contribution in [-0.2, 0) is 17.6 Å². The number of hydrogen-bond acceptors (Lipinski definition) is 7. The number of hydrogen-bond donors (Lipinski definition) is 2. The predicted molar refractivity (Wildman–Crippen MR) is 127 cm³/mol. The van der Waals surface area contributed by atoms with Gasteiger partial charge in [-0.2, -0.15) is 5.10 Å². The van der Waals surface area contributed by atoms with E-state index in [2.05, 4.69) is 26.4 Å². The zero-order valence-electron chi connectivity index (χ0n) is 18.9. The number of nitrogens with zero attached hydrogens (tertiary/aromatic N) is 5. The Morgan fingerprint density at radius 3 is 2.88 bits per heavy atom. The smallest absolute Gasteiger partial charge is 0.305 e. The van der Waals surface area contributed by atoms with Gasteiger partial charge in [0.2, 0.25) is 0 Å². The van der Waals surface area contributed by atoms with Gasteiger partial charge >= 0.3 is 5.97 Å². The van der Waals surface area contributed by atoms with E-state index in [4.69, 9.17) is 9.72 Å². The minimum absolute atomic E-state index is 0.120. The second-order valence-electron chi connectivity index (χ2n) is 8.41. The molecule has 1 unspecified atom stereocenters. The third-order valence-corrected chi connectivity index (χ3v) is 5.98. The monoisotopic (exact) mass is 458 g/mol. The molecule has 2 N–H and O–H groups in total. The molecule has 174 valence electrons. The van der Waals surface area contributed by atoms with E-state index in [1.54, 1.807) is 30.2 Å². The van der Waals surface area contributed by atoms with Crippen LogP contribution in [-0.4, -0.2) is 49.0 Å². The molecule has 9 heteroatoms. The molecule has 1 aliphatic rings. The highest BCUT2D eigenvalue weighted by Gasteiger charge is 2.21. The van der Waals surface area contributed by atoms with Gasteiger partial charge in [-0.15, -0.1) is 0 Å². The lowest BCUT2D eigenvalue weighted by molar-refractivity contribution is -0.137. The molecule has 4 aromatic rings. The summed E-state index contributed by atoms with van der Waals surface area (Å²) in [5.41, 5.74) is 4.81. The molecule has 4 heterocycles. The van der Waals surface area contributed by atoms with Crippen molar-refractivity contribution >= 4 is 22.6 Å². The second kappa shape index (κ2) is 9.46. The van der Waals surface area contributed by atoms with Crippen LogP contribution in [0.3, 0.4) is 0 Å². The lowest BCUT2D eigenvalue weighted by Gasteiger charge is -2.17. The maximum absolute atomic E-state index is 11.5. The Kier molecular flexibility index (Phi) is 6.07. The SMILES string of the molecule is Cc1ncc(C(CC(=O)O)n2ncc3cc(OCCc4ccc5c(n4)CCCN5)ccc32)cn1. The summed E-state index contributed by atoms with van der Waals surface area (Å²) in [6, 6.07) is 9.35. The van der Waals surface area contributed by atoms with Crippen LogP contribution in [0, 0.1) is 6.92 Å². The number of ether oxygens (including phenoxy) is 1. The number of carboxylic acid groups (broad SMARTS) is 1. The van der Waals surface area contributed by atoms with E-state index in [9.17, 15) is 9.90 Å². The highest BCUT2D eigenvalue weighted by atomic mass is 16.5. The number of fused-ring (bicyclic) bond motifs is 2. The molecule has 34 heavy (non-hydrogen) atoms. The van der Waals surface area contributed by atoms with E-state index in [1.807, 2.05) is 24.3 Å². The van der Waals surface area contributed by atoms with Crippen molar-refractivity contribution in [3.63, 3.8) is 0 Å². The maximum Gasteiger partial charge on any atom is 0.305 e. The van der Waals surface area contributed by atoms with Gasteiger partial charge in [-0.25, -0.2) is 9.97 Å². The molecule has 0 amide bonds. The molecule has 1 atom stereocenters. The van der Waals surface area contributed by atoms with Gasteiger partial charge in [-0.05, 0) is 50.1 Å². The highest BCUT2D eigenvalue weighted by molar-refractivity contribution is 5.81. The minimum atomic E-state index is -0.916. The Bertz CT molecular complexity index is 1320. The molecule has 5 rings (SSSR count). The van der Waals surface area contributed by atoms with Crippen LogP contribution >= 0.6 is 0 Å². The molecule has 0 spiro atoms. The summed E-state index contributed by atoms with van der Waals surface area (Å²) in [4.78, 5) is 24.7. The third-order valence-electron chi connectivity index (χ3n) is 5.98. The van der Waals surface area contributed by atoms with Crippen molar-refractivity contribution in [2.24, 2.45) is 0 Å². The number of benzene rings is 1. The van der Waals surface area contributed by atoms with Crippen LogP contribution in [0.5, 0.6) is 5.75 Å². The quantitative estimate of drug-likeness (QED) is 0.412.